The minimum Gasteiger partial charge on any atom is -0.388 e. The highest BCUT2D eigenvalue weighted by Gasteiger charge is 2.39. The third kappa shape index (κ3) is 2.05. The molecule has 1 saturated heterocycles. The minimum absolute atomic E-state index is 0.0293. The van der Waals surface area contributed by atoms with Crippen LogP contribution < -0.4 is 0 Å². The summed E-state index contributed by atoms with van der Waals surface area (Å²) in [6.07, 6.45) is -1.16. The average molecular weight is 226 g/mol. The quantitative estimate of drug-likeness (QED) is 0.565. The molecule has 0 aromatic carbocycles. The van der Waals surface area contributed by atoms with E-state index in [2.05, 4.69) is 9.97 Å². The van der Waals surface area contributed by atoms with E-state index in [0.717, 1.165) is 0 Å². The van der Waals surface area contributed by atoms with Crippen LogP contribution >= 0.6 is 0 Å². The van der Waals surface area contributed by atoms with Gasteiger partial charge in [-0.05, 0) is 6.92 Å². The van der Waals surface area contributed by atoms with Gasteiger partial charge in [0.05, 0.1) is 24.2 Å². The van der Waals surface area contributed by atoms with Crippen molar-refractivity contribution in [3.05, 3.63) is 23.8 Å². The normalized spacial score (nSPS) is 35.0. The van der Waals surface area contributed by atoms with E-state index in [-0.39, 0.29) is 6.61 Å². The Balaban J connectivity index is 2.21. The van der Waals surface area contributed by atoms with Gasteiger partial charge >= 0.3 is 0 Å². The van der Waals surface area contributed by atoms with E-state index >= 15 is 0 Å². The Labute approximate surface area is 92.6 Å². The van der Waals surface area contributed by atoms with Gasteiger partial charge in [-0.15, -0.1) is 0 Å². The number of nitrogens with zero attached hydrogens (tertiary/aromatic N) is 2. The smallest absolute Gasteiger partial charge is 0.130 e. The van der Waals surface area contributed by atoms with Crippen LogP contribution in [0.2, 0.25) is 0 Å². The molecule has 16 heavy (non-hydrogen) atoms. The fourth-order valence-electron chi connectivity index (χ4n) is 1.69. The second kappa shape index (κ2) is 4.42. The van der Waals surface area contributed by atoms with Crippen molar-refractivity contribution in [2.45, 2.75) is 31.3 Å². The molecule has 0 radical (unpaired) electrons. The monoisotopic (exact) mass is 226 g/mol. The number of rotatable bonds is 1. The summed E-state index contributed by atoms with van der Waals surface area (Å²) >= 11 is 0. The largest absolute Gasteiger partial charge is 0.388 e. The highest BCUT2D eigenvalue weighted by atomic mass is 16.5. The summed E-state index contributed by atoms with van der Waals surface area (Å²) < 4.78 is 5.25. The van der Waals surface area contributed by atoms with Crippen molar-refractivity contribution in [1.82, 2.24) is 9.97 Å². The van der Waals surface area contributed by atoms with E-state index < -0.39 is 24.4 Å². The maximum Gasteiger partial charge on any atom is 0.130 e. The lowest BCUT2D eigenvalue weighted by Crippen LogP contribution is -2.49. The van der Waals surface area contributed by atoms with Crippen molar-refractivity contribution in [3.63, 3.8) is 0 Å². The molecular weight excluding hydrogens is 212 g/mol. The van der Waals surface area contributed by atoms with Gasteiger partial charge in [0.1, 0.15) is 24.4 Å². The number of aromatic nitrogens is 2. The number of aryl methyl sites for hydroxylation is 1. The van der Waals surface area contributed by atoms with Gasteiger partial charge < -0.3 is 20.1 Å². The number of hydrogen-bond acceptors (Lipinski definition) is 6. The molecule has 3 N–H and O–H groups in total. The van der Waals surface area contributed by atoms with Gasteiger partial charge in [-0.2, -0.15) is 0 Å². The Kier molecular flexibility index (Phi) is 3.15. The zero-order chi connectivity index (χ0) is 11.7. The molecule has 1 aliphatic heterocycles. The van der Waals surface area contributed by atoms with Crippen LogP contribution in [0.5, 0.6) is 0 Å². The van der Waals surface area contributed by atoms with E-state index in [9.17, 15) is 15.3 Å². The second-order valence-electron chi connectivity index (χ2n) is 3.89. The molecule has 0 spiro atoms. The predicted molar refractivity (Wildman–Crippen MR) is 53.5 cm³/mol. The van der Waals surface area contributed by atoms with Crippen LogP contribution in [0.15, 0.2) is 12.4 Å². The van der Waals surface area contributed by atoms with Crippen molar-refractivity contribution in [1.29, 1.82) is 0 Å². The zero-order valence-corrected chi connectivity index (χ0v) is 8.82. The summed E-state index contributed by atoms with van der Waals surface area (Å²) in [4.78, 5) is 8.11. The van der Waals surface area contributed by atoms with Crippen molar-refractivity contribution in [3.8, 4) is 0 Å². The van der Waals surface area contributed by atoms with Crippen LogP contribution in [0.3, 0.4) is 0 Å². The Morgan fingerprint density at radius 3 is 2.69 bits per heavy atom. The fraction of sp³-hybridized carbons (Fsp3) is 0.600. The number of aliphatic hydroxyl groups excluding tert-OH is 3. The summed E-state index contributed by atoms with van der Waals surface area (Å²) in [5.41, 5.74) is 1.16. The molecule has 1 unspecified atom stereocenters. The summed E-state index contributed by atoms with van der Waals surface area (Å²) in [5, 5.41) is 28.6. The van der Waals surface area contributed by atoms with Gasteiger partial charge in [-0.1, -0.05) is 0 Å². The number of ether oxygens (including phenoxy) is 1. The van der Waals surface area contributed by atoms with Crippen LogP contribution in [0.4, 0.5) is 0 Å². The van der Waals surface area contributed by atoms with E-state index in [0.29, 0.717) is 11.4 Å². The van der Waals surface area contributed by atoms with Crippen molar-refractivity contribution < 1.29 is 20.1 Å². The molecular formula is C10H14N2O4. The van der Waals surface area contributed by atoms with Gasteiger partial charge in [0, 0.05) is 6.20 Å². The average Bonchev–Trinajstić information content (AvgIpc) is 2.26. The molecule has 88 valence electrons. The zero-order valence-electron chi connectivity index (χ0n) is 8.82. The highest BCUT2D eigenvalue weighted by Crippen LogP contribution is 2.27. The van der Waals surface area contributed by atoms with Crippen LogP contribution in [-0.2, 0) is 4.74 Å². The Morgan fingerprint density at radius 2 is 2.00 bits per heavy atom. The number of hydrogen-bond donors (Lipinski definition) is 3. The standard InChI is InChI=1S/C10H14N2O4/c1-5-2-11-3-6(12-5)10-9(15)8(14)7(13)4-16-10/h2-3,7-10,13-15H,4H2,1H3/t7-,8-,9+,10?/m1/s1. The Bertz CT molecular complexity index is 374. The second-order valence-corrected chi connectivity index (χ2v) is 3.89. The Morgan fingerprint density at radius 1 is 1.25 bits per heavy atom. The summed E-state index contributed by atoms with van der Waals surface area (Å²) in [6, 6.07) is 0. The lowest BCUT2D eigenvalue weighted by Gasteiger charge is -2.34. The van der Waals surface area contributed by atoms with Gasteiger partial charge in [-0.25, -0.2) is 0 Å². The van der Waals surface area contributed by atoms with Crippen LogP contribution in [-0.4, -0.2) is 50.2 Å². The first-order chi connectivity index (χ1) is 7.59. The maximum atomic E-state index is 9.75. The van der Waals surface area contributed by atoms with Crippen molar-refractivity contribution in [2.75, 3.05) is 6.61 Å². The summed E-state index contributed by atoms with van der Waals surface area (Å²) in [7, 11) is 0. The van der Waals surface area contributed by atoms with E-state index in [4.69, 9.17) is 4.74 Å². The predicted octanol–water partition coefficient (Wildman–Crippen LogP) is -1.06. The molecule has 1 aromatic rings. The van der Waals surface area contributed by atoms with Crippen LogP contribution in [0, 0.1) is 6.92 Å². The van der Waals surface area contributed by atoms with Gasteiger partial charge in [0.15, 0.2) is 0 Å². The topological polar surface area (TPSA) is 95.7 Å². The lowest BCUT2D eigenvalue weighted by molar-refractivity contribution is -0.190. The van der Waals surface area contributed by atoms with E-state index in [1.165, 1.54) is 6.20 Å². The molecule has 2 heterocycles. The van der Waals surface area contributed by atoms with Crippen LogP contribution in [0.1, 0.15) is 17.5 Å². The third-order valence-corrected chi connectivity index (χ3v) is 2.57. The summed E-state index contributed by atoms with van der Waals surface area (Å²) in [5.74, 6) is 0. The first-order valence-electron chi connectivity index (χ1n) is 5.04. The molecule has 1 aliphatic rings. The SMILES string of the molecule is Cc1cncc(C2OC[C@@H](O)[C@@H](O)[C@@H]2O)n1. The number of aliphatic hydroxyl groups is 3. The van der Waals surface area contributed by atoms with E-state index in [1.54, 1.807) is 13.1 Å². The molecule has 1 fully saturated rings. The molecule has 6 nitrogen and oxygen atoms in total. The maximum absolute atomic E-state index is 9.75. The Hall–Kier alpha value is -1.08. The molecule has 1 aromatic heterocycles. The van der Waals surface area contributed by atoms with Crippen molar-refractivity contribution in [2.24, 2.45) is 0 Å². The van der Waals surface area contributed by atoms with Crippen molar-refractivity contribution >= 4 is 0 Å². The molecule has 6 heteroatoms. The lowest BCUT2D eigenvalue weighted by atomic mass is 9.98. The molecule has 2 rings (SSSR count). The van der Waals surface area contributed by atoms with Gasteiger partial charge in [-0.3, -0.25) is 9.97 Å². The molecule has 0 saturated carbocycles. The fourth-order valence-corrected chi connectivity index (χ4v) is 1.69. The van der Waals surface area contributed by atoms with Gasteiger partial charge in [0.2, 0.25) is 0 Å². The van der Waals surface area contributed by atoms with E-state index in [1.807, 2.05) is 0 Å². The first-order valence-corrected chi connectivity index (χ1v) is 5.04. The molecule has 0 amide bonds. The molecule has 0 aliphatic carbocycles. The first kappa shape index (κ1) is 11.4. The molecule has 0 bridgehead atoms. The summed E-state index contributed by atoms with van der Waals surface area (Å²) in [6.45, 7) is 1.75. The minimum atomic E-state index is -1.22. The van der Waals surface area contributed by atoms with Crippen LogP contribution in [0.25, 0.3) is 0 Å². The highest BCUT2D eigenvalue weighted by molar-refractivity contribution is 5.09. The van der Waals surface area contributed by atoms with Gasteiger partial charge in [0.25, 0.3) is 0 Å². The molecule has 4 atom stereocenters. The third-order valence-electron chi connectivity index (χ3n) is 2.57.